The number of phosphoric acid groups is 1. The lowest BCUT2D eigenvalue weighted by Crippen LogP contribution is -1.98. The number of hydrogen-bond acceptors (Lipinski definition) is 2. The van der Waals surface area contributed by atoms with E-state index in [-0.39, 0.29) is 5.75 Å². The Morgan fingerprint density at radius 2 is 1.02 bits per heavy atom. The van der Waals surface area contributed by atoms with Crippen molar-refractivity contribution in [2.24, 2.45) is 0 Å². The van der Waals surface area contributed by atoms with E-state index in [2.05, 4.69) is 62.4 Å². The molecule has 204 valence electrons. The molecule has 4 nitrogen and oxygen atoms in total. The highest BCUT2D eigenvalue weighted by molar-refractivity contribution is 7.46. The molecule has 0 bridgehead atoms. The van der Waals surface area contributed by atoms with Crippen molar-refractivity contribution in [3.63, 3.8) is 0 Å². The molecule has 5 heteroatoms. The van der Waals surface area contributed by atoms with Gasteiger partial charge < -0.3 is 4.52 Å². The first-order valence-electron chi connectivity index (χ1n) is 13.6. The third-order valence-corrected chi connectivity index (χ3v) is 7.85. The van der Waals surface area contributed by atoms with Crippen LogP contribution < -0.4 is 4.52 Å². The first-order valence-corrected chi connectivity index (χ1v) is 15.1. The summed E-state index contributed by atoms with van der Waals surface area (Å²) in [5.74, 6) is 0.171. The molecule has 0 aliphatic rings. The van der Waals surface area contributed by atoms with Crippen molar-refractivity contribution in [3.05, 3.63) is 125 Å². The lowest BCUT2D eigenvalue weighted by Gasteiger charge is -2.21. The Balaban J connectivity index is 1.79. The van der Waals surface area contributed by atoms with Gasteiger partial charge in [0, 0.05) is 11.1 Å². The molecule has 2 N–H and O–H groups in total. The summed E-state index contributed by atoms with van der Waals surface area (Å²) in [6, 6.07) is 34.9. The van der Waals surface area contributed by atoms with E-state index in [1.807, 2.05) is 68.4 Å². The SMILES string of the molecule is Cc1cc(C)cc(-c2cc(-c3c(OP(=O)(O)O)c(-c4cc(C)cc(C)c4)cc4ccccc34)c3ccccc3c2)c1. The van der Waals surface area contributed by atoms with Crippen LogP contribution in [0.25, 0.3) is 54.9 Å². The second-order valence-corrected chi connectivity index (χ2v) is 12.1. The Bertz CT molecular complexity index is 1980. The molecule has 0 aromatic heterocycles. The Hall–Kier alpha value is -4.21. The average Bonchev–Trinajstić information content (AvgIpc) is 2.90. The fourth-order valence-corrected chi connectivity index (χ4v) is 6.41. The number of hydrogen-bond donors (Lipinski definition) is 2. The molecule has 0 heterocycles. The van der Waals surface area contributed by atoms with Crippen LogP contribution in [-0.2, 0) is 4.57 Å². The normalized spacial score (nSPS) is 11.8. The molecule has 0 aliphatic heterocycles. The summed E-state index contributed by atoms with van der Waals surface area (Å²) in [4.78, 5) is 20.4. The van der Waals surface area contributed by atoms with Crippen molar-refractivity contribution < 1.29 is 18.9 Å². The lowest BCUT2D eigenvalue weighted by molar-refractivity contribution is 0.284. The molecule has 0 fully saturated rings. The molecule has 41 heavy (non-hydrogen) atoms. The summed E-state index contributed by atoms with van der Waals surface area (Å²) >= 11 is 0. The number of aryl methyl sites for hydroxylation is 4. The molecule has 0 saturated carbocycles. The Morgan fingerprint density at radius 1 is 0.537 bits per heavy atom. The van der Waals surface area contributed by atoms with Gasteiger partial charge in [0.25, 0.3) is 0 Å². The summed E-state index contributed by atoms with van der Waals surface area (Å²) in [5, 5.41) is 3.81. The van der Waals surface area contributed by atoms with Crippen molar-refractivity contribution in [3.8, 4) is 39.1 Å². The van der Waals surface area contributed by atoms with E-state index in [9.17, 15) is 14.4 Å². The van der Waals surface area contributed by atoms with Gasteiger partial charge >= 0.3 is 7.82 Å². The molecule has 0 aliphatic carbocycles. The van der Waals surface area contributed by atoms with Crippen LogP contribution in [0.5, 0.6) is 5.75 Å². The van der Waals surface area contributed by atoms with E-state index in [1.165, 1.54) is 11.1 Å². The van der Waals surface area contributed by atoms with Crippen LogP contribution in [0.15, 0.2) is 103 Å². The highest BCUT2D eigenvalue weighted by Gasteiger charge is 2.26. The largest absolute Gasteiger partial charge is 0.524 e. The van der Waals surface area contributed by atoms with Crippen LogP contribution in [0.1, 0.15) is 22.3 Å². The number of benzene rings is 6. The van der Waals surface area contributed by atoms with Crippen LogP contribution in [-0.4, -0.2) is 9.79 Å². The zero-order valence-electron chi connectivity index (χ0n) is 23.5. The van der Waals surface area contributed by atoms with Crippen LogP contribution in [0.3, 0.4) is 0 Å². The highest BCUT2D eigenvalue weighted by atomic mass is 31.2. The van der Waals surface area contributed by atoms with Crippen LogP contribution in [0, 0.1) is 27.7 Å². The summed E-state index contributed by atoms with van der Waals surface area (Å²) < 4.78 is 18.2. The Kier molecular flexibility index (Phi) is 6.79. The maximum Gasteiger partial charge on any atom is 0.524 e. The number of rotatable bonds is 5. The van der Waals surface area contributed by atoms with Crippen LogP contribution in [0.4, 0.5) is 0 Å². The average molecular weight is 559 g/mol. The second-order valence-electron chi connectivity index (χ2n) is 10.9. The molecular weight excluding hydrogens is 527 g/mol. The molecule has 0 amide bonds. The number of fused-ring (bicyclic) bond motifs is 2. The summed E-state index contributed by atoms with van der Waals surface area (Å²) in [5.41, 5.74) is 9.53. The van der Waals surface area contributed by atoms with Crippen molar-refractivity contribution in [2.45, 2.75) is 27.7 Å². The van der Waals surface area contributed by atoms with Crippen molar-refractivity contribution in [1.29, 1.82) is 0 Å². The third kappa shape index (κ3) is 5.42. The monoisotopic (exact) mass is 558 g/mol. The van der Waals surface area contributed by atoms with Gasteiger partial charge in [-0.05, 0) is 89.7 Å². The zero-order chi connectivity index (χ0) is 28.9. The molecule has 0 radical (unpaired) electrons. The Morgan fingerprint density at radius 3 is 1.61 bits per heavy atom. The predicted molar refractivity (Wildman–Crippen MR) is 169 cm³/mol. The first kappa shape index (κ1) is 27.0. The smallest absolute Gasteiger partial charge is 0.403 e. The first-order chi connectivity index (χ1) is 19.6. The van der Waals surface area contributed by atoms with Gasteiger partial charge in [-0.3, -0.25) is 9.79 Å². The van der Waals surface area contributed by atoms with Crippen molar-refractivity contribution in [1.82, 2.24) is 0 Å². The van der Waals surface area contributed by atoms with E-state index >= 15 is 0 Å². The molecule has 6 rings (SSSR count). The summed E-state index contributed by atoms with van der Waals surface area (Å²) in [7, 11) is -4.93. The van der Waals surface area contributed by atoms with Gasteiger partial charge in [-0.1, -0.05) is 107 Å². The summed E-state index contributed by atoms with van der Waals surface area (Å²) in [6.07, 6.45) is 0. The fraction of sp³-hybridized carbons (Fsp3) is 0.111. The maximum atomic E-state index is 12.5. The van der Waals surface area contributed by atoms with Crippen LogP contribution in [0.2, 0.25) is 0 Å². The molecule has 6 aromatic carbocycles. The molecular formula is C36H31O4P. The molecule has 0 atom stereocenters. The lowest BCUT2D eigenvalue weighted by atomic mass is 9.87. The fourth-order valence-electron chi connectivity index (χ4n) is 5.98. The van der Waals surface area contributed by atoms with E-state index in [0.29, 0.717) is 11.1 Å². The van der Waals surface area contributed by atoms with E-state index in [1.54, 1.807) is 0 Å². The minimum atomic E-state index is -4.93. The van der Waals surface area contributed by atoms with Gasteiger partial charge in [-0.25, -0.2) is 4.57 Å². The molecule has 0 saturated heterocycles. The van der Waals surface area contributed by atoms with Gasteiger partial charge in [-0.15, -0.1) is 0 Å². The quantitative estimate of drug-likeness (QED) is 0.207. The van der Waals surface area contributed by atoms with Gasteiger partial charge in [0.2, 0.25) is 0 Å². The Labute approximate surface area is 240 Å². The minimum absolute atomic E-state index is 0.171. The maximum absolute atomic E-state index is 12.5. The van der Waals surface area contributed by atoms with Gasteiger partial charge in [-0.2, -0.15) is 0 Å². The van der Waals surface area contributed by atoms with E-state index < -0.39 is 7.82 Å². The van der Waals surface area contributed by atoms with Crippen molar-refractivity contribution in [2.75, 3.05) is 0 Å². The molecule has 0 unspecified atom stereocenters. The van der Waals surface area contributed by atoms with Crippen LogP contribution >= 0.6 is 7.82 Å². The van der Waals surface area contributed by atoms with Gasteiger partial charge in [0.1, 0.15) is 5.75 Å². The van der Waals surface area contributed by atoms with E-state index in [4.69, 9.17) is 4.52 Å². The topological polar surface area (TPSA) is 66.8 Å². The third-order valence-electron chi connectivity index (χ3n) is 7.43. The predicted octanol–water partition coefficient (Wildman–Crippen LogP) is 9.70. The standard InChI is InChI=1S/C36H31O4P/c1-22-13-23(2)16-28(15-22)29-19-26-9-5-7-11-31(26)34(21-29)35-32-12-8-6-10-27(32)20-33(36(35)40-41(37,38)39)30-17-24(3)14-25(4)18-30/h5-21H,1-4H3,(H2,37,38,39). The van der Waals surface area contributed by atoms with Crippen molar-refractivity contribution >= 4 is 29.4 Å². The summed E-state index contributed by atoms with van der Waals surface area (Å²) in [6.45, 7) is 8.21. The highest BCUT2D eigenvalue weighted by Crippen LogP contribution is 2.52. The zero-order valence-corrected chi connectivity index (χ0v) is 24.4. The number of phosphoric ester groups is 1. The molecule has 6 aromatic rings. The minimum Gasteiger partial charge on any atom is -0.403 e. The van der Waals surface area contributed by atoms with Gasteiger partial charge in [0.05, 0.1) is 0 Å². The second kappa shape index (κ2) is 10.3. The van der Waals surface area contributed by atoms with E-state index in [0.717, 1.165) is 54.9 Å². The van der Waals surface area contributed by atoms with Gasteiger partial charge in [0.15, 0.2) is 0 Å². The molecule has 0 spiro atoms.